The first kappa shape index (κ1) is 8.70. The molecule has 0 amide bonds. The van der Waals surface area contributed by atoms with Crippen LogP contribution in [0.2, 0.25) is 0 Å². The third-order valence-corrected chi connectivity index (χ3v) is 2.69. The average molecular weight is 192 g/mol. The van der Waals surface area contributed by atoms with Crippen molar-refractivity contribution in [1.29, 1.82) is 0 Å². The molecule has 0 N–H and O–H groups in total. The van der Waals surface area contributed by atoms with Gasteiger partial charge in [0.05, 0.1) is 5.75 Å². The Morgan fingerprint density at radius 2 is 2.23 bits per heavy atom. The van der Waals surface area contributed by atoms with Crippen molar-refractivity contribution in [3.63, 3.8) is 0 Å². The van der Waals surface area contributed by atoms with Gasteiger partial charge in [0.2, 0.25) is 0 Å². The number of benzene rings is 1. The van der Waals surface area contributed by atoms with Gasteiger partial charge in [-0.1, -0.05) is 12.1 Å². The third-order valence-electron chi connectivity index (χ3n) is 2.12. The van der Waals surface area contributed by atoms with Crippen molar-refractivity contribution < 1.29 is 4.42 Å². The Hall–Kier alpha value is -0.890. The summed E-state index contributed by atoms with van der Waals surface area (Å²) in [5.74, 6) is 2.02. The van der Waals surface area contributed by atoms with Crippen LogP contribution in [0.5, 0.6) is 0 Å². The zero-order chi connectivity index (χ0) is 9.26. The zero-order valence-corrected chi connectivity index (χ0v) is 8.65. The molecule has 0 unspecified atom stereocenters. The van der Waals surface area contributed by atoms with Crippen LogP contribution >= 0.6 is 11.8 Å². The molecular formula is C11H12OS. The summed E-state index contributed by atoms with van der Waals surface area (Å²) >= 11 is 1.78. The van der Waals surface area contributed by atoms with Gasteiger partial charge >= 0.3 is 0 Å². The van der Waals surface area contributed by atoms with E-state index in [9.17, 15) is 0 Å². The second-order valence-electron chi connectivity index (χ2n) is 3.13. The maximum absolute atomic E-state index is 5.67. The fraction of sp³-hybridized carbons (Fsp3) is 0.273. The van der Waals surface area contributed by atoms with E-state index >= 15 is 0 Å². The quantitative estimate of drug-likeness (QED) is 0.721. The Bertz CT molecular complexity index is 417. The summed E-state index contributed by atoms with van der Waals surface area (Å²) in [6.45, 7) is 2.11. The first-order chi connectivity index (χ1) is 6.31. The maximum atomic E-state index is 5.67. The number of aryl methyl sites for hydroxylation is 1. The van der Waals surface area contributed by atoms with Crippen LogP contribution in [-0.2, 0) is 5.75 Å². The van der Waals surface area contributed by atoms with Crippen LogP contribution in [0.15, 0.2) is 28.7 Å². The number of thioether (sulfide) groups is 1. The van der Waals surface area contributed by atoms with E-state index < -0.39 is 0 Å². The maximum Gasteiger partial charge on any atom is 0.134 e. The highest BCUT2D eigenvalue weighted by Gasteiger charge is 2.03. The summed E-state index contributed by atoms with van der Waals surface area (Å²) in [6, 6.07) is 8.30. The molecule has 2 aromatic rings. The highest BCUT2D eigenvalue weighted by molar-refractivity contribution is 7.97. The van der Waals surface area contributed by atoms with Gasteiger partial charge in [-0.15, -0.1) is 0 Å². The summed E-state index contributed by atoms with van der Waals surface area (Å²) < 4.78 is 5.67. The molecule has 2 heteroatoms. The second-order valence-corrected chi connectivity index (χ2v) is 4.00. The smallest absolute Gasteiger partial charge is 0.134 e. The van der Waals surface area contributed by atoms with Gasteiger partial charge in [-0.05, 0) is 30.9 Å². The third kappa shape index (κ3) is 1.59. The highest BCUT2D eigenvalue weighted by atomic mass is 32.2. The molecule has 0 atom stereocenters. The first-order valence-electron chi connectivity index (χ1n) is 4.28. The molecule has 0 aliphatic heterocycles. The minimum Gasteiger partial charge on any atom is -0.460 e. The summed E-state index contributed by atoms with van der Waals surface area (Å²) in [4.78, 5) is 0. The summed E-state index contributed by atoms with van der Waals surface area (Å²) in [6.07, 6.45) is 2.08. The number of hydrogen-bond acceptors (Lipinski definition) is 2. The normalized spacial score (nSPS) is 10.9. The molecule has 0 bridgehead atoms. The average Bonchev–Trinajstić information content (AvgIpc) is 2.49. The van der Waals surface area contributed by atoms with Gasteiger partial charge in [-0.2, -0.15) is 11.8 Å². The molecular weight excluding hydrogens is 180 g/mol. The fourth-order valence-corrected chi connectivity index (χ4v) is 1.90. The Morgan fingerprint density at radius 1 is 1.38 bits per heavy atom. The second kappa shape index (κ2) is 3.46. The van der Waals surface area contributed by atoms with Crippen LogP contribution in [0.4, 0.5) is 0 Å². The van der Waals surface area contributed by atoms with E-state index in [1.807, 2.05) is 12.1 Å². The van der Waals surface area contributed by atoms with E-state index in [4.69, 9.17) is 4.42 Å². The van der Waals surface area contributed by atoms with Crippen LogP contribution in [-0.4, -0.2) is 6.26 Å². The molecule has 0 spiro atoms. The van der Waals surface area contributed by atoms with Crippen molar-refractivity contribution in [3.05, 3.63) is 35.6 Å². The number of fused-ring (bicyclic) bond motifs is 1. The van der Waals surface area contributed by atoms with Crippen LogP contribution in [0.1, 0.15) is 11.3 Å². The van der Waals surface area contributed by atoms with E-state index in [1.54, 1.807) is 11.8 Å². The minimum atomic E-state index is 0.952. The molecule has 0 saturated heterocycles. The largest absolute Gasteiger partial charge is 0.460 e. The van der Waals surface area contributed by atoms with Gasteiger partial charge in [0.1, 0.15) is 11.3 Å². The topological polar surface area (TPSA) is 13.1 Å². The van der Waals surface area contributed by atoms with Gasteiger partial charge in [-0.25, -0.2) is 0 Å². The van der Waals surface area contributed by atoms with Gasteiger partial charge in [0.25, 0.3) is 0 Å². The highest BCUT2D eigenvalue weighted by Crippen LogP contribution is 2.24. The molecule has 2 rings (SSSR count). The van der Waals surface area contributed by atoms with Gasteiger partial charge in [0.15, 0.2) is 0 Å². The van der Waals surface area contributed by atoms with Gasteiger partial charge < -0.3 is 4.42 Å². The van der Waals surface area contributed by atoms with E-state index in [2.05, 4.69) is 25.3 Å². The van der Waals surface area contributed by atoms with E-state index in [0.29, 0.717) is 0 Å². The zero-order valence-electron chi connectivity index (χ0n) is 7.83. The predicted octanol–water partition coefficient (Wildman–Crippen LogP) is 3.60. The van der Waals surface area contributed by atoms with Crippen molar-refractivity contribution >= 4 is 22.7 Å². The van der Waals surface area contributed by atoms with E-state index in [-0.39, 0.29) is 0 Å². The Kier molecular flexibility index (Phi) is 2.32. The molecule has 0 saturated carbocycles. The Morgan fingerprint density at radius 3 is 2.92 bits per heavy atom. The van der Waals surface area contributed by atoms with Crippen LogP contribution in [0, 0.1) is 6.92 Å². The van der Waals surface area contributed by atoms with Gasteiger partial charge in [-0.3, -0.25) is 0 Å². The molecule has 13 heavy (non-hydrogen) atoms. The van der Waals surface area contributed by atoms with Crippen molar-refractivity contribution in [3.8, 4) is 0 Å². The molecule has 0 aliphatic rings. The SMILES string of the molecule is CSCc1cc2c(C)cccc2o1. The number of furan rings is 1. The van der Waals surface area contributed by atoms with E-state index in [1.165, 1.54) is 10.9 Å². The van der Waals surface area contributed by atoms with Gasteiger partial charge in [0, 0.05) is 5.39 Å². The molecule has 0 fully saturated rings. The lowest BCUT2D eigenvalue weighted by Crippen LogP contribution is -1.70. The van der Waals surface area contributed by atoms with Crippen molar-refractivity contribution in [2.75, 3.05) is 6.26 Å². The lowest BCUT2D eigenvalue weighted by molar-refractivity contribution is 0.574. The standard InChI is InChI=1S/C11H12OS/c1-8-4-3-5-11-10(8)6-9(12-11)7-13-2/h3-6H,7H2,1-2H3. The molecule has 68 valence electrons. The lowest BCUT2D eigenvalue weighted by atomic mass is 10.1. The molecule has 1 nitrogen and oxygen atoms in total. The molecule has 1 aromatic carbocycles. The first-order valence-corrected chi connectivity index (χ1v) is 5.67. The van der Waals surface area contributed by atoms with Crippen LogP contribution in [0.25, 0.3) is 11.0 Å². The molecule has 1 aromatic heterocycles. The van der Waals surface area contributed by atoms with Crippen LogP contribution in [0.3, 0.4) is 0 Å². The Balaban J connectivity index is 2.55. The summed E-state index contributed by atoms with van der Waals surface area (Å²) in [7, 11) is 0. The molecule has 0 aliphatic carbocycles. The van der Waals surface area contributed by atoms with Crippen molar-refractivity contribution in [2.24, 2.45) is 0 Å². The lowest BCUT2D eigenvalue weighted by Gasteiger charge is -1.90. The monoisotopic (exact) mass is 192 g/mol. The number of rotatable bonds is 2. The molecule has 1 heterocycles. The van der Waals surface area contributed by atoms with Crippen LogP contribution < -0.4 is 0 Å². The number of hydrogen-bond donors (Lipinski definition) is 0. The van der Waals surface area contributed by atoms with E-state index in [0.717, 1.165) is 17.1 Å². The predicted molar refractivity (Wildman–Crippen MR) is 58.2 cm³/mol. The summed E-state index contributed by atoms with van der Waals surface area (Å²) in [5.41, 5.74) is 2.29. The van der Waals surface area contributed by atoms with Crippen molar-refractivity contribution in [2.45, 2.75) is 12.7 Å². The Labute approximate surface area is 82.1 Å². The summed E-state index contributed by atoms with van der Waals surface area (Å²) in [5, 5.41) is 1.24. The van der Waals surface area contributed by atoms with Crippen molar-refractivity contribution in [1.82, 2.24) is 0 Å². The molecule has 0 radical (unpaired) electrons. The fourth-order valence-electron chi connectivity index (χ4n) is 1.47. The minimum absolute atomic E-state index is 0.952.